The number of hydrogen-bond acceptors (Lipinski definition) is 4. The zero-order chi connectivity index (χ0) is 14.1. The summed E-state index contributed by atoms with van der Waals surface area (Å²) in [6.45, 7) is 2.80. The molecule has 0 aliphatic rings. The number of rotatable bonds is 4. The Morgan fingerprint density at radius 1 is 1.40 bits per heavy atom. The summed E-state index contributed by atoms with van der Waals surface area (Å²) in [5, 5.41) is 19.2. The van der Waals surface area contributed by atoms with Gasteiger partial charge >= 0.3 is 5.97 Å². The molecule has 0 saturated heterocycles. The first kappa shape index (κ1) is 12.8. The lowest BCUT2D eigenvalue weighted by Crippen LogP contribution is -2.02. The van der Waals surface area contributed by atoms with Crippen LogP contribution in [0.25, 0.3) is 11.0 Å². The number of aromatic nitrogens is 3. The van der Waals surface area contributed by atoms with Gasteiger partial charge in [0.2, 0.25) is 0 Å². The summed E-state index contributed by atoms with van der Waals surface area (Å²) in [7, 11) is 0. The van der Waals surface area contributed by atoms with Crippen LogP contribution in [0.3, 0.4) is 0 Å². The van der Waals surface area contributed by atoms with Crippen LogP contribution in [0.2, 0.25) is 0 Å². The predicted octanol–water partition coefficient (Wildman–Crippen LogP) is 2.80. The van der Waals surface area contributed by atoms with Crippen LogP contribution in [0.1, 0.15) is 27.7 Å². The first-order valence-electron chi connectivity index (χ1n) is 6.31. The Kier molecular flexibility index (Phi) is 3.23. The van der Waals surface area contributed by atoms with E-state index in [0.29, 0.717) is 12.1 Å². The van der Waals surface area contributed by atoms with Crippen molar-refractivity contribution in [2.24, 2.45) is 0 Å². The molecule has 0 aliphatic heterocycles. The molecule has 0 radical (unpaired) electrons. The smallest absolute Gasteiger partial charge is 0.335 e. The SMILES string of the molecule is CCc1ccsc1Cn1nnc2cc(C(=O)O)ccc21. The van der Waals surface area contributed by atoms with Gasteiger partial charge in [0.15, 0.2) is 0 Å². The van der Waals surface area contributed by atoms with Gasteiger partial charge in [0.25, 0.3) is 0 Å². The Bertz CT molecular complexity index is 776. The summed E-state index contributed by atoms with van der Waals surface area (Å²) in [5.74, 6) is -0.951. The molecule has 20 heavy (non-hydrogen) atoms. The molecule has 1 aromatic carbocycles. The Hall–Kier alpha value is -2.21. The first-order valence-corrected chi connectivity index (χ1v) is 7.18. The van der Waals surface area contributed by atoms with Gasteiger partial charge in [-0.2, -0.15) is 0 Å². The van der Waals surface area contributed by atoms with Crippen molar-refractivity contribution in [1.82, 2.24) is 15.0 Å². The highest BCUT2D eigenvalue weighted by Crippen LogP contribution is 2.21. The molecule has 6 heteroatoms. The fraction of sp³-hybridized carbons (Fsp3) is 0.214. The van der Waals surface area contributed by atoms with Gasteiger partial charge in [-0.1, -0.05) is 12.1 Å². The maximum absolute atomic E-state index is 10.9. The Morgan fingerprint density at radius 3 is 3.00 bits per heavy atom. The monoisotopic (exact) mass is 287 g/mol. The van der Waals surface area contributed by atoms with Crippen LogP contribution in [-0.4, -0.2) is 26.1 Å². The van der Waals surface area contributed by atoms with Crippen LogP contribution in [0.15, 0.2) is 29.6 Å². The van der Waals surface area contributed by atoms with Crippen molar-refractivity contribution >= 4 is 28.3 Å². The molecule has 0 bridgehead atoms. The van der Waals surface area contributed by atoms with Crippen LogP contribution in [-0.2, 0) is 13.0 Å². The maximum Gasteiger partial charge on any atom is 0.335 e. The Morgan fingerprint density at radius 2 is 2.25 bits per heavy atom. The molecule has 102 valence electrons. The zero-order valence-electron chi connectivity index (χ0n) is 10.9. The Labute approximate surface area is 119 Å². The normalized spacial score (nSPS) is 11.1. The summed E-state index contributed by atoms with van der Waals surface area (Å²) in [6, 6.07) is 7.02. The molecule has 0 saturated carbocycles. The number of carboxylic acid groups (broad SMARTS) is 1. The quantitative estimate of drug-likeness (QED) is 0.801. The predicted molar refractivity (Wildman–Crippen MR) is 77.3 cm³/mol. The molecular formula is C14H13N3O2S. The third kappa shape index (κ3) is 2.18. The van der Waals surface area contributed by atoms with Crippen LogP contribution in [0, 0.1) is 0 Å². The average molecular weight is 287 g/mol. The van der Waals surface area contributed by atoms with Crippen molar-refractivity contribution < 1.29 is 9.90 Å². The van der Waals surface area contributed by atoms with Gasteiger partial charge in [-0.15, -0.1) is 16.4 Å². The van der Waals surface area contributed by atoms with Gasteiger partial charge < -0.3 is 5.11 Å². The molecule has 0 fully saturated rings. The van der Waals surface area contributed by atoms with E-state index in [4.69, 9.17) is 5.11 Å². The standard InChI is InChI=1S/C14H13N3O2S/c1-2-9-5-6-20-13(9)8-17-12-4-3-10(14(18)19)7-11(12)15-16-17/h3-7H,2,8H2,1H3,(H,18,19). The topological polar surface area (TPSA) is 68.0 Å². The minimum Gasteiger partial charge on any atom is -0.478 e. The van der Waals surface area contributed by atoms with Gasteiger partial charge in [-0.25, -0.2) is 9.48 Å². The molecule has 5 nitrogen and oxygen atoms in total. The van der Waals surface area contributed by atoms with E-state index >= 15 is 0 Å². The lowest BCUT2D eigenvalue weighted by atomic mass is 10.2. The van der Waals surface area contributed by atoms with Crippen molar-refractivity contribution in [3.05, 3.63) is 45.6 Å². The van der Waals surface area contributed by atoms with E-state index in [9.17, 15) is 4.79 Å². The molecule has 0 spiro atoms. The zero-order valence-corrected chi connectivity index (χ0v) is 11.7. The van der Waals surface area contributed by atoms with Gasteiger partial charge in [0, 0.05) is 4.88 Å². The lowest BCUT2D eigenvalue weighted by molar-refractivity contribution is 0.0697. The molecule has 1 N–H and O–H groups in total. The maximum atomic E-state index is 10.9. The molecule has 0 amide bonds. The van der Waals surface area contributed by atoms with Crippen LogP contribution in [0.5, 0.6) is 0 Å². The van der Waals surface area contributed by atoms with Gasteiger partial charge in [-0.3, -0.25) is 0 Å². The summed E-state index contributed by atoms with van der Waals surface area (Å²) in [6.07, 6.45) is 0.995. The second kappa shape index (κ2) is 5.05. The van der Waals surface area contributed by atoms with Gasteiger partial charge in [-0.05, 0) is 41.6 Å². The van der Waals surface area contributed by atoms with Crippen molar-refractivity contribution in [2.75, 3.05) is 0 Å². The third-order valence-electron chi connectivity index (χ3n) is 3.27. The van der Waals surface area contributed by atoms with Gasteiger partial charge in [0.05, 0.1) is 17.6 Å². The minimum absolute atomic E-state index is 0.231. The van der Waals surface area contributed by atoms with Crippen LogP contribution < -0.4 is 0 Å². The van der Waals surface area contributed by atoms with E-state index in [0.717, 1.165) is 11.9 Å². The first-order chi connectivity index (χ1) is 9.69. The average Bonchev–Trinajstić information content (AvgIpc) is 3.05. The molecule has 0 unspecified atom stereocenters. The molecular weight excluding hydrogens is 274 g/mol. The molecule has 0 atom stereocenters. The summed E-state index contributed by atoms with van der Waals surface area (Å²) in [5.41, 5.74) is 3.01. The largest absolute Gasteiger partial charge is 0.478 e. The number of nitrogens with zero attached hydrogens (tertiary/aromatic N) is 3. The van der Waals surface area contributed by atoms with E-state index < -0.39 is 5.97 Å². The van der Waals surface area contributed by atoms with Crippen molar-refractivity contribution in [3.63, 3.8) is 0 Å². The highest BCUT2D eigenvalue weighted by Gasteiger charge is 2.11. The fourth-order valence-corrected chi connectivity index (χ4v) is 3.14. The van der Waals surface area contributed by atoms with E-state index in [-0.39, 0.29) is 5.56 Å². The molecule has 3 aromatic rings. The summed E-state index contributed by atoms with van der Waals surface area (Å²) >= 11 is 1.71. The highest BCUT2D eigenvalue weighted by atomic mass is 32.1. The third-order valence-corrected chi connectivity index (χ3v) is 4.22. The van der Waals surface area contributed by atoms with Crippen molar-refractivity contribution in [1.29, 1.82) is 0 Å². The highest BCUT2D eigenvalue weighted by molar-refractivity contribution is 7.10. The van der Waals surface area contributed by atoms with E-state index in [1.165, 1.54) is 10.4 Å². The number of fused-ring (bicyclic) bond motifs is 1. The molecule has 2 aromatic heterocycles. The summed E-state index contributed by atoms with van der Waals surface area (Å²) < 4.78 is 1.81. The van der Waals surface area contributed by atoms with Gasteiger partial charge in [0.1, 0.15) is 5.52 Å². The molecule has 0 aliphatic carbocycles. The second-order valence-corrected chi connectivity index (χ2v) is 5.48. The van der Waals surface area contributed by atoms with E-state index in [1.54, 1.807) is 29.5 Å². The number of carbonyl (C=O) groups is 1. The minimum atomic E-state index is -0.951. The van der Waals surface area contributed by atoms with Crippen LogP contribution in [0.4, 0.5) is 0 Å². The van der Waals surface area contributed by atoms with Crippen molar-refractivity contribution in [2.45, 2.75) is 19.9 Å². The Balaban J connectivity index is 1.99. The number of hydrogen-bond donors (Lipinski definition) is 1. The second-order valence-electron chi connectivity index (χ2n) is 4.48. The number of thiophene rings is 1. The summed E-state index contributed by atoms with van der Waals surface area (Å²) in [4.78, 5) is 12.2. The van der Waals surface area contributed by atoms with Crippen molar-refractivity contribution in [3.8, 4) is 0 Å². The number of aryl methyl sites for hydroxylation is 1. The molecule has 2 heterocycles. The molecule has 3 rings (SSSR count). The van der Waals surface area contributed by atoms with E-state index in [1.807, 2.05) is 4.68 Å². The number of benzene rings is 1. The number of aromatic carboxylic acids is 1. The fourth-order valence-electron chi connectivity index (χ4n) is 2.18. The lowest BCUT2D eigenvalue weighted by Gasteiger charge is -2.03. The van der Waals surface area contributed by atoms with Crippen LogP contribution >= 0.6 is 11.3 Å². The number of carboxylic acids is 1. The van der Waals surface area contributed by atoms with E-state index in [2.05, 4.69) is 28.7 Å².